The Balaban J connectivity index is 5.22. The smallest absolute Gasteiger partial charge is 0.323 e. The molecule has 0 saturated heterocycles. The number of carbonyl (C=O) groups excluding carboxylic acids is 2. The van der Waals surface area contributed by atoms with Gasteiger partial charge in [0.15, 0.2) is 5.41 Å². The molecule has 0 bridgehead atoms. The van der Waals surface area contributed by atoms with Gasteiger partial charge in [0.05, 0.1) is 14.2 Å². The molecule has 0 saturated carbocycles. The third kappa shape index (κ3) is 3.73. The summed E-state index contributed by atoms with van der Waals surface area (Å²) < 4.78 is 9.41. The monoisotopic (exact) mass is 240 g/mol. The van der Waals surface area contributed by atoms with Crippen molar-refractivity contribution in [2.75, 3.05) is 14.2 Å². The van der Waals surface area contributed by atoms with Crippen LogP contribution in [0.1, 0.15) is 26.2 Å². The van der Waals surface area contributed by atoms with E-state index in [-0.39, 0.29) is 6.42 Å². The highest BCUT2D eigenvalue weighted by Crippen LogP contribution is 2.33. The molecule has 4 heteroatoms. The maximum atomic E-state index is 11.8. The van der Waals surface area contributed by atoms with E-state index in [0.717, 1.165) is 5.57 Å². The van der Waals surface area contributed by atoms with E-state index in [4.69, 9.17) is 9.47 Å². The van der Waals surface area contributed by atoms with Crippen LogP contribution in [0.4, 0.5) is 0 Å². The van der Waals surface area contributed by atoms with E-state index in [9.17, 15) is 9.59 Å². The zero-order valence-corrected chi connectivity index (χ0v) is 10.7. The zero-order valence-electron chi connectivity index (χ0n) is 10.7. The van der Waals surface area contributed by atoms with E-state index in [2.05, 4.69) is 13.2 Å². The molecule has 0 aromatic carbocycles. The lowest BCUT2D eigenvalue weighted by molar-refractivity contribution is -0.169. The lowest BCUT2D eigenvalue weighted by Gasteiger charge is -2.27. The number of hydrogen-bond acceptors (Lipinski definition) is 4. The molecule has 0 spiro atoms. The maximum Gasteiger partial charge on any atom is 0.323 e. The number of esters is 2. The normalized spacial score (nSPS) is 10.5. The maximum absolute atomic E-state index is 11.8. The van der Waals surface area contributed by atoms with Gasteiger partial charge in [0.25, 0.3) is 0 Å². The molecule has 0 radical (unpaired) electrons. The lowest BCUT2D eigenvalue weighted by atomic mass is 9.79. The van der Waals surface area contributed by atoms with Gasteiger partial charge in [0.1, 0.15) is 0 Å². The van der Waals surface area contributed by atoms with Gasteiger partial charge in [0, 0.05) is 0 Å². The van der Waals surface area contributed by atoms with Crippen LogP contribution in [-0.2, 0) is 19.1 Å². The molecule has 0 aliphatic heterocycles. The predicted molar refractivity (Wildman–Crippen MR) is 65.3 cm³/mol. The van der Waals surface area contributed by atoms with E-state index >= 15 is 0 Å². The average molecular weight is 240 g/mol. The summed E-state index contributed by atoms with van der Waals surface area (Å²) in [7, 11) is 2.51. The summed E-state index contributed by atoms with van der Waals surface area (Å²) in [5.41, 5.74) is -0.407. The van der Waals surface area contributed by atoms with E-state index < -0.39 is 17.4 Å². The van der Waals surface area contributed by atoms with E-state index in [0.29, 0.717) is 12.8 Å². The van der Waals surface area contributed by atoms with Crippen molar-refractivity contribution < 1.29 is 19.1 Å². The zero-order chi connectivity index (χ0) is 13.5. The van der Waals surface area contributed by atoms with Gasteiger partial charge >= 0.3 is 11.9 Å². The Bertz CT molecular complexity index is 301. The van der Waals surface area contributed by atoms with Gasteiger partial charge in [0.2, 0.25) is 0 Å². The molecule has 4 nitrogen and oxygen atoms in total. The third-order valence-corrected chi connectivity index (χ3v) is 2.62. The molecular formula is C13H20O4. The van der Waals surface area contributed by atoms with E-state index in [1.165, 1.54) is 20.3 Å². The Morgan fingerprint density at radius 1 is 1.24 bits per heavy atom. The van der Waals surface area contributed by atoms with E-state index in [1.54, 1.807) is 0 Å². The number of allylic oxidation sites excluding steroid dienone is 2. The molecule has 0 atom stereocenters. The van der Waals surface area contributed by atoms with Gasteiger partial charge in [-0.15, -0.1) is 13.2 Å². The highest BCUT2D eigenvalue weighted by molar-refractivity contribution is 6.00. The summed E-state index contributed by atoms with van der Waals surface area (Å²) in [6.07, 6.45) is 2.58. The van der Waals surface area contributed by atoms with Crippen LogP contribution in [-0.4, -0.2) is 26.2 Å². The molecule has 96 valence electrons. The van der Waals surface area contributed by atoms with Gasteiger partial charge < -0.3 is 9.47 Å². The third-order valence-electron chi connectivity index (χ3n) is 2.62. The quantitative estimate of drug-likeness (QED) is 0.389. The second kappa shape index (κ2) is 6.89. The van der Waals surface area contributed by atoms with Gasteiger partial charge in [-0.2, -0.15) is 0 Å². The minimum atomic E-state index is -1.30. The molecule has 0 aromatic heterocycles. The van der Waals surface area contributed by atoms with Gasteiger partial charge in [-0.1, -0.05) is 11.6 Å². The Labute approximate surface area is 102 Å². The largest absolute Gasteiger partial charge is 0.468 e. The molecule has 0 amide bonds. The SMILES string of the molecule is C=CCC(CCC(=C)C)(C(=O)OC)C(=O)OC. The first-order valence-electron chi connectivity index (χ1n) is 5.36. The van der Waals surface area contributed by atoms with Crippen molar-refractivity contribution in [2.45, 2.75) is 26.2 Å². The minimum Gasteiger partial charge on any atom is -0.468 e. The van der Waals surface area contributed by atoms with Crippen LogP contribution in [0.15, 0.2) is 24.8 Å². The van der Waals surface area contributed by atoms with Crippen LogP contribution < -0.4 is 0 Å². The van der Waals surface area contributed by atoms with Crippen molar-refractivity contribution in [3.8, 4) is 0 Å². The van der Waals surface area contributed by atoms with Crippen molar-refractivity contribution in [3.05, 3.63) is 24.8 Å². The lowest BCUT2D eigenvalue weighted by Crippen LogP contribution is -2.41. The average Bonchev–Trinajstić information content (AvgIpc) is 2.32. The van der Waals surface area contributed by atoms with E-state index in [1.807, 2.05) is 6.92 Å². The van der Waals surface area contributed by atoms with Crippen molar-refractivity contribution in [1.82, 2.24) is 0 Å². The molecular weight excluding hydrogens is 220 g/mol. The summed E-state index contributed by atoms with van der Waals surface area (Å²) in [5.74, 6) is -1.18. The topological polar surface area (TPSA) is 52.6 Å². The Hall–Kier alpha value is -1.58. The molecule has 0 fully saturated rings. The molecule has 0 heterocycles. The van der Waals surface area contributed by atoms with Gasteiger partial charge in [-0.3, -0.25) is 9.59 Å². The first-order chi connectivity index (χ1) is 7.94. The van der Waals surface area contributed by atoms with Crippen LogP contribution in [0.2, 0.25) is 0 Å². The molecule has 0 rings (SSSR count). The van der Waals surface area contributed by atoms with Crippen molar-refractivity contribution in [2.24, 2.45) is 5.41 Å². The molecule has 0 aliphatic rings. The Kier molecular flexibility index (Phi) is 6.25. The molecule has 0 unspecified atom stereocenters. The molecule has 17 heavy (non-hydrogen) atoms. The number of hydrogen-bond donors (Lipinski definition) is 0. The second-order valence-corrected chi connectivity index (χ2v) is 4.02. The standard InChI is InChI=1S/C13H20O4/c1-6-8-13(11(14)16-4,12(15)17-5)9-7-10(2)3/h6H,1-2,7-9H2,3-5H3. The van der Waals surface area contributed by atoms with Crippen molar-refractivity contribution in [1.29, 1.82) is 0 Å². The summed E-state index contributed by atoms with van der Waals surface area (Å²) in [6.45, 7) is 9.17. The fraction of sp³-hybridized carbons (Fsp3) is 0.538. The number of carbonyl (C=O) groups is 2. The fourth-order valence-corrected chi connectivity index (χ4v) is 1.62. The summed E-state index contributed by atoms with van der Waals surface area (Å²) >= 11 is 0. The van der Waals surface area contributed by atoms with Gasteiger partial charge in [-0.05, 0) is 26.2 Å². The molecule has 0 N–H and O–H groups in total. The first-order valence-corrected chi connectivity index (χ1v) is 5.36. The van der Waals surface area contributed by atoms with Gasteiger partial charge in [-0.25, -0.2) is 0 Å². The summed E-state index contributed by atoms with van der Waals surface area (Å²) in [6, 6.07) is 0. The second-order valence-electron chi connectivity index (χ2n) is 4.02. The molecule has 0 aromatic rings. The van der Waals surface area contributed by atoms with Crippen molar-refractivity contribution in [3.63, 3.8) is 0 Å². The van der Waals surface area contributed by atoms with Crippen LogP contribution in [0.5, 0.6) is 0 Å². The van der Waals surface area contributed by atoms with Crippen LogP contribution in [0.3, 0.4) is 0 Å². The van der Waals surface area contributed by atoms with Crippen LogP contribution >= 0.6 is 0 Å². The Morgan fingerprint density at radius 3 is 2.00 bits per heavy atom. The summed E-state index contributed by atoms with van der Waals surface area (Å²) in [4.78, 5) is 23.7. The minimum absolute atomic E-state index is 0.194. The number of ether oxygens (including phenoxy) is 2. The highest BCUT2D eigenvalue weighted by Gasteiger charge is 2.46. The first kappa shape index (κ1) is 15.4. The van der Waals surface area contributed by atoms with Crippen LogP contribution in [0.25, 0.3) is 0 Å². The number of rotatable bonds is 7. The fourth-order valence-electron chi connectivity index (χ4n) is 1.62. The Morgan fingerprint density at radius 2 is 1.71 bits per heavy atom. The molecule has 0 aliphatic carbocycles. The predicted octanol–water partition coefficient (Wildman–Crippen LogP) is 2.25. The highest BCUT2D eigenvalue weighted by atomic mass is 16.5. The van der Waals surface area contributed by atoms with Crippen LogP contribution in [0, 0.1) is 5.41 Å². The van der Waals surface area contributed by atoms with Crippen molar-refractivity contribution >= 4 is 11.9 Å². The summed E-state index contributed by atoms with van der Waals surface area (Å²) in [5, 5.41) is 0. The number of methoxy groups -OCH3 is 2.